The van der Waals surface area contributed by atoms with E-state index >= 15 is 0 Å². The monoisotopic (exact) mass is 517 g/mol. The minimum absolute atomic E-state index is 0.306. The molecule has 5 aromatic carbocycles. The topological polar surface area (TPSA) is 16.4 Å². The first-order valence-electron chi connectivity index (χ1n) is 13.4. The molecule has 184 valence electrons. The lowest BCUT2D eigenvalue weighted by Crippen LogP contribution is -2.28. The second kappa shape index (κ2) is 7.95. The predicted molar refractivity (Wildman–Crippen MR) is 165 cm³/mol. The molecule has 3 heteroatoms. The molecular weight excluding hydrogens is 494 g/mol. The summed E-state index contributed by atoms with van der Waals surface area (Å²) in [6.45, 7) is 0. The van der Waals surface area contributed by atoms with Gasteiger partial charge in [-0.2, -0.15) is 0 Å². The Hall–Kier alpha value is -4.60. The van der Waals surface area contributed by atoms with E-state index in [1.807, 2.05) is 23.5 Å². The number of para-hydroxylation sites is 2. The zero-order chi connectivity index (χ0) is 25.5. The van der Waals surface area contributed by atoms with Gasteiger partial charge in [0.05, 0.1) is 6.04 Å². The lowest BCUT2D eigenvalue weighted by atomic mass is 9.91. The number of fused-ring (bicyclic) bond motifs is 9. The molecule has 3 heterocycles. The quantitative estimate of drug-likeness (QED) is 0.227. The van der Waals surface area contributed by atoms with Crippen LogP contribution in [-0.2, 0) is 0 Å². The highest BCUT2D eigenvalue weighted by atomic mass is 32.1. The lowest BCUT2D eigenvalue weighted by molar-refractivity contribution is 0.669. The number of furan rings is 1. The highest BCUT2D eigenvalue weighted by Gasteiger charge is 2.37. The van der Waals surface area contributed by atoms with Gasteiger partial charge in [-0.15, -0.1) is 11.3 Å². The molecule has 39 heavy (non-hydrogen) atoms. The molecule has 0 spiro atoms. The van der Waals surface area contributed by atoms with E-state index in [9.17, 15) is 0 Å². The number of hydrogen-bond acceptors (Lipinski definition) is 3. The number of allylic oxidation sites excluding steroid dienone is 2. The highest BCUT2D eigenvalue weighted by molar-refractivity contribution is 7.26. The van der Waals surface area contributed by atoms with Gasteiger partial charge in [0, 0.05) is 48.2 Å². The van der Waals surface area contributed by atoms with Gasteiger partial charge in [-0.1, -0.05) is 85.0 Å². The van der Waals surface area contributed by atoms with Gasteiger partial charge in [-0.25, -0.2) is 0 Å². The number of benzene rings is 5. The van der Waals surface area contributed by atoms with Crippen LogP contribution in [0.3, 0.4) is 0 Å². The van der Waals surface area contributed by atoms with E-state index in [2.05, 4.69) is 120 Å². The number of nitrogens with zero attached hydrogens (tertiary/aromatic N) is 1. The van der Waals surface area contributed by atoms with E-state index in [4.69, 9.17) is 4.42 Å². The van der Waals surface area contributed by atoms with Crippen molar-refractivity contribution >= 4 is 64.8 Å². The Morgan fingerprint density at radius 2 is 1.49 bits per heavy atom. The largest absolute Gasteiger partial charge is 0.456 e. The van der Waals surface area contributed by atoms with Crippen LogP contribution in [0.5, 0.6) is 0 Å². The van der Waals surface area contributed by atoms with Crippen LogP contribution < -0.4 is 4.90 Å². The molecule has 1 aliphatic carbocycles. The second-order valence-electron chi connectivity index (χ2n) is 10.5. The Morgan fingerprint density at radius 3 is 2.49 bits per heavy atom. The molecule has 9 rings (SSSR count). The van der Waals surface area contributed by atoms with Crippen LogP contribution in [0.15, 0.2) is 132 Å². The van der Waals surface area contributed by atoms with Crippen molar-refractivity contribution in [2.24, 2.45) is 0 Å². The molecule has 7 aromatic rings. The van der Waals surface area contributed by atoms with Crippen molar-refractivity contribution in [2.75, 3.05) is 4.90 Å². The van der Waals surface area contributed by atoms with Crippen LogP contribution in [0.1, 0.15) is 11.5 Å². The van der Waals surface area contributed by atoms with Crippen molar-refractivity contribution in [3.05, 3.63) is 133 Å². The Labute approximate surface area is 229 Å². The fraction of sp³-hybridized carbons (Fsp3) is 0.0556. The van der Waals surface area contributed by atoms with E-state index in [1.165, 1.54) is 59.0 Å². The summed E-state index contributed by atoms with van der Waals surface area (Å²) in [6, 6.07) is 37.8. The van der Waals surface area contributed by atoms with E-state index in [0.717, 1.165) is 11.2 Å². The minimum atomic E-state index is 0.306. The molecule has 0 bridgehead atoms. The Bertz CT molecular complexity index is 2160. The molecule has 2 atom stereocenters. The van der Waals surface area contributed by atoms with Crippen molar-refractivity contribution in [2.45, 2.75) is 12.0 Å². The summed E-state index contributed by atoms with van der Waals surface area (Å²) in [4.78, 5) is 2.52. The maximum Gasteiger partial charge on any atom is 0.136 e. The van der Waals surface area contributed by atoms with Crippen molar-refractivity contribution in [3.8, 4) is 11.1 Å². The van der Waals surface area contributed by atoms with Crippen molar-refractivity contribution < 1.29 is 4.42 Å². The molecule has 0 fully saturated rings. The summed E-state index contributed by atoms with van der Waals surface area (Å²) in [5.41, 5.74) is 8.27. The molecule has 1 aliphatic heterocycles. The first-order valence-corrected chi connectivity index (χ1v) is 14.3. The molecule has 2 nitrogen and oxygen atoms in total. The molecule has 0 N–H and O–H groups in total. The molecule has 2 aromatic heterocycles. The normalized spacial score (nSPS) is 18.0. The maximum absolute atomic E-state index is 6.22. The van der Waals surface area contributed by atoms with Gasteiger partial charge in [0.25, 0.3) is 0 Å². The summed E-state index contributed by atoms with van der Waals surface area (Å²) in [7, 11) is 0. The summed E-state index contributed by atoms with van der Waals surface area (Å²) in [5, 5.41) is 4.96. The second-order valence-corrected chi connectivity index (χ2v) is 11.5. The van der Waals surface area contributed by atoms with E-state index in [0.29, 0.717) is 12.0 Å². The Kier molecular flexibility index (Phi) is 4.35. The average molecular weight is 518 g/mol. The SMILES string of the molecule is C1=CC2c3ccccc3N(c3ccc4sc5c(-c6ccc7c(c6)oc6ccccc67)cccc5c4c3)C2C=C1. The van der Waals surface area contributed by atoms with Gasteiger partial charge in [0.2, 0.25) is 0 Å². The van der Waals surface area contributed by atoms with Crippen LogP contribution in [0.25, 0.3) is 53.2 Å². The molecule has 2 unspecified atom stereocenters. The highest BCUT2D eigenvalue weighted by Crippen LogP contribution is 2.49. The Balaban J connectivity index is 1.21. The molecule has 0 saturated carbocycles. The molecule has 0 amide bonds. The number of thiophene rings is 1. The third-order valence-electron chi connectivity index (χ3n) is 8.41. The lowest BCUT2D eigenvalue weighted by Gasteiger charge is -2.28. The van der Waals surface area contributed by atoms with Crippen LogP contribution in [0.2, 0.25) is 0 Å². The molecule has 0 saturated heterocycles. The van der Waals surface area contributed by atoms with Gasteiger partial charge in [0.15, 0.2) is 0 Å². The Morgan fingerprint density at radius 1 is 0.641 bits per heavy atom. The summed E-state index contributed by atoms with van der Waals surface area (Å²) >= 11 is 1.88. The van der Waals surface area contributed by atoms with Crippen molar-refractivity contribution in [1.29, 1.82) is 0 Å². The van der Waals surface area contributed by atoms with Gasteiger partial charge in [0.1, 0.15) is 11.2 Å². The fourth-order valence-electron chi connectivity index (χ4n) is 6.65. The first kappa shape index (κ1) is 21.3. The van der Waals surface area contributed by atoms with Crippen molar-refractivity contribution in [1.82, 2.24) is 0 Å². The fourth-order valence-corrected chi connectivity index (χ4v) is 7.87. The summed E-state index contributed by atoms with van der Waals surface area (Å²) in [5.74, 6) is 0.390. The zero-order valence-electron chi connectivity index (χ0n) is 21.0. The van der Waals surface area contributed by atoms with Gasteiger partial charge in [-0.3, -0.25) is 0 Å². The van der Waals surface area contributed by atoms with Gasteiger partial charge in [-0.05, 0) is 59.2 Å². The van der Waals surface area contributed by atoms with E-state index in [-0.39, 0.29) is 0 Å². The van der Waals surface area contributed by atoms with Gasteiger partial charge < -0.3 is 9.32 Å². The maximum atomic E-state index is 6.22. The van der Waals surface area contributed by atoms with Crippen LogP contribution in [-0.4, -0.2) is 6.04 Å². The van der Waals surface area contributed by atoms with Crippen LogP contribution in [0, 0.1) is 0 Å². The molecule has 2 aliphatic rings. The van der Waals surface area contributed by atoms with Crippen LogP contribution >= 0.6 is 11.3 Å². The third kappa shape index (κ3) is 3.02. The number of hydrogen-bond donors (Lipinski definition) is 0. The smallest absolute Gasteiger partial charge is 0.136 e. The standard InChI is InChI=1S/C36H23NOS/c1-4-13-31-25(8-1)26-9-2-5-14-32(26)37(31)23-17-19-35-30(21-23)29-12-7-11-24(36(29)39-35)22-16-18-28-27-10-3-6-15-33(27)38-34(28)20-22/h1-21,25,31H. The number of anilines is 2. The minimum Gasteiger partial charge on any atom is -0.456 e. The van der Waals surface area contributed by atoms with Crippen LogP contribution in [0.4, 0.5) is 11.4 Å². The third-order valence-corrected chi connectivity index (χ3v) is 9.63. The summed E-state index contributed by atoms with van der Waals surface area (Å²) < 4.78 is 8.85. The summed E-state index contributed by atoms with van der Waals surface area (Å²) in [6.07, 6.45) is 9.05. The zero-order valence-corrected chi connectivity index (χ0v) is 21.9. The number of rotatable bonds is 2. The first-order chi connectivity index (χ1) is 19.3. The molecule has 0 radical (unpaired) electrons. The predicted octanol–water partition coefficient (Wildman–Crippen LogP) is 10.4. The van der Waals surface area contributed by atoms with E-state index < -0.39 is 0 Å². The molecular formula is C36H23NOS. The van der Waals surface area contributed by atoms with E-state index in [1.54, 1.807) is 0 Å². The van der Waals surface area contributed by atoms with Crippen molar-refractivity contribution in [3.63, 3.8) is 0 Å². The van der Waals surface area contributed by atoms with Gasteiger partial charge >= 0.3 is 0 Å². The average Bonchev–Trinajstić information content (AvgIpc) is 3.66.